The highest BCUT2D eigenvalue weighted by Gasteiger charge is 2.38. The van der Waals surface area contributed by atoms with Crippen LogP contribution in [-0.2, 0) is 11.8 Å². The van der Waals surface area contributed by atoms with E-state index >= 15 is 0 Å². The molecule has 70 heavy (non-hydrogen) atoms. The van der Waals surface area contributed by atoms with Crippen LogP contribution in [0.15, 0.2) is 194 Å². The molecule has 2 atom stereocenters. The third-order valence-corrected chi connectivity index (χ3v) is 16.6. The molecule has 9 aromatic rings. The lowest BCUT2D eigenvalue weighted by Crippen LogP contribution is -2.19. The minimum atomic E-state index is -0.121. The molecule has 0 N–H and O–H groups in total. The molecule has 4 aliphatic carbocycles. The Kier molecular flexibility index (Phi) is 10.5. The summed E-state index contributed by atoms with van der Waals surface area (Å²) in [7, 11) is 0. The topological polar surface area (TPSA) is 8.17 Å². The molecule has 8 aromatic carbocycles. The standard InChI is InChI=1S/C68H60N2/c1-45-42-43-53-57-36-20-35-56(67(57)69(64(53)44-45)48-26-8-5-9-27-48)52-30-13-17-41-63(52)70(62-40-16-12-29-51(62)55-34-21-38-60-66(55)58-31-10-14-37-59(58)68(60,2)3)61-39-15-11-28-50(61)54-33-19-25-47-24-18-32-49(65(47)54)46-22-6-4-7-23-46/h5,8-21,24-31,33-43,45-46,49H,4,6-7,22-23,32,44H2,1-3H3. The minimum Gasteiger partial charge on any atom is -0.312 e. The zero-order valence-corrected chi connectivity index (χ0v) is 40.7. The maximum Gasteiger partial charge on any atom is 0.0616 e. The number of benzene rings is 8. The van der Waals surface area contributed by atoms with E-state index in [1.807, 2.05) is 0 Å². The molecule has 2 heteroatoms. The van der Waals surface area contributed by atoms with Gasteiger partial charge >= 0.3 is 0 Å². The van der Waals surface area contributed by atoms with Crippen molar-refractivity contribution in [1.82, 2.24) is 4.57 Å². The Balaban J connectivity index is 1.10. The smallest absolute Gasteiger partial charge is 0.0616 e. The lowest BCUT2D eigenvalue weighted by molar-refractivity contribution is 0.304. The van der Waals surface area contributed by atoms with E-state index in [0.717, 1.165) is 24.2 Å². The van der Waals surface area contributed by atoms with E-state index in [1.54, 1.807) is 0 Å². The predicted molar refractivity (Wildman–Crippen MR) is 297 cm³/mol. The van der Waals surface area contributed by atoms with Crippen LogP contribution in [0.3, 0.4) is 0 Å². The second-order valence-electron chi connectivity index (χ2n) is 21.0. The molecule has 0 spiro atoms. The molecule has 1 aromatic heterocycles. The molecule has 1 saturated carbocycles. The van der Waals surface area contributed by atoms with Crippen molar-refractivity contribution in [3.63, 3.8) is 0 Å². The van der Waals surface area contributed by atoms with E-state index in [4.69, 9.17) is 0 Å². The number of aromatic nitrogens is 1. The minimum absolute atomic E-state index is 0.121. The van der Waals surface area contributed by atoms with Gasteiger partial charge in [-0.25, -0.2) is 0 Å². The molecule has 1 fully saturated rings. The Morgan fingerprint density at radius 2 is 1.09 bits per heavy atom. The largest absolute Gasteiger partial charge is 0.312 e. The van der Waals surface area contributed by atoms with Crippen LogP contribution in [0.25, 0.3) is 73.2 Å². The summed E-state index contributed by atoms with van der Waals surface area (Å²) < 4.78 is 2.57. The third kappa shape index (κ3) is 6.82. The van der Waals surface area contributed by atoms with E-state index < -0.39 is 0 Å². The molecule has 2 nitrogen and oxygen atoms in total. The normalized spacial score (nSPS) is 17.8. The number of hydrogen-bond donors (Lipinski definition) is 0. The van der Waals surface area contributed by atoms with Crippen molar-refractivity contribution >= 4 is 40.1 Å². The molecule has 0 aliphatic heterocycles. The highest BCUT2D eigenvalue weighted by Crippen LogP contribution is 2.56. The molecule has 2 unspecified atom stereocenters. The Morgan fingerprint density at radius 3 is 1.83 bits per heavy atom. The monoisotopic (exact) mass is 904 g/mol. The van der Waals surface area contributed by atoms with Crippen LogP contribution < -0.4 is 4.90 Å². The predicted octanol–water partition coefficient (Wildman–Crippen LogP) is 18.7. The average Bonchev–Trinajstić information content (AvgIpc) is 3.87. The van der Waals surface area contributed by atoms with Crippen LogP contribution >= 0.6 is 0 Å². The Morgan fingerprint density at radius 1 is 0.514 bits per heavy atom. The zero-order valence-electron chi connectivity index (χ0n) is 40.7. The molecule has 4 aliphatic rings. The molecule has 1 heterocycles. The summed E-state index contributed by atoms with van der Waals surface area (Å²) in [6.07, 6.45) is 18.4. The van der Waals surface area contributed by atoms with Gasteiger partial charge in [0.25, 0.3) is 0 Å². The molecular formula is C68H60N2. The van der Waals surface area contributed by atoms with Gasteiger partial charge in [0, 0.05) is 50.0 Å². The third-order valence-electron chi connectivity index (χ3n) is 16.6. The zero-order chi connectivity index (χ0) is 46.9. The Labute approximate surface area is 414 Å². The Bertz CT molecular complexity index is 3540. The van der Waals surface area contributed by atoms with Gasteiger partial charge in [-0.1, -0.05) is 216 Å². The first kappa shape index (κ1) is 42.7. The molecule has 0 saturated heterocycles. The van der Waals surface area contributed by atoms with Crippen molar-refractivity contribution in [2.45, 2.75) is 77.0 Å². The summed E-state index contributed by atoms with van der Waals surface area (Å²) in [6.45, 7) is 7.12. The first-order valence-corrected chi connectivity index (χ1v) is 26.0. The first-order chi connectivity index (χ1) is 34.5. The lowest BCUT2D eigenvalue weighted by Gasteiger charge is -2.36. The van der Waals surface area contributed by atoms with E-state index in [9.17, 15) is 0 Å². The number of anilines is 3. The average molecular weight is 905 g/mol. The van der Waals surface area contributed by atoms with Crippen molar-refractivity contribution in [2.24, 2.45) is 11.8 Å². The SMILES string of the molecule is CC1C=Cc2c(n(-c3ccccc3)c3c(-c4ccccc4N(c4ccccc4-c4cccc5c4-c4ccccc4C5(C)C)c4ccccc4-c4cccc5c4C(C4CCCCC4)CC=C5)cccc23)C1. The molecule has 342 valence electrons. The van der Waals surface area contributed by atoms with Crippen LogP contribution in [0.5, 0.6) is 0 Å². The highest BCUT2D eigenvalue weighted by atomic mass is 15.2. The summed E-state index contributed by atoms with van der Waals surface area (Å²) in [5, 5.41) is 1.29. The fourth-order valence-electron chi connectivity index (χ4n) is 13.4. The van der Waals surface area contributed by atoms with Crippen LogP contribution in [-0.4, -0.2) is 4.57 Å². The van der Waals surface area contributed by atoms with Crippen LogP contribution in [0.2, 0.25) is 0 Å². The second-order valence-corrected chi connectivity index (χ2v) is 21.0. The molecule has 0 amide bonds. The molecule has 13 rings (SSSR count). The summed E-state index contributed by atoms with van der Waals surface area (Å²) in [5.41, 5.74) is 24.4. The summed E-state index contributed by atoms with van der Waals surface area (Å²) in [6, 6.07) is 69.0. The van der Waals surface area contributed by atoms with E-state index in [-0.39, 0.29) is 5.41 Å². The number of fused-ring (bicyclic) bond motifs is 7. The van der Waals surface area contributed by atoms with Crippen molar-refractivity contribution in [2.75, 3.05) is 4.90 Å². The fourth-order valence-corrected chi connectivity index (χ4v) is 13.4. The number of para-hydroxylation sites is 5. The van der Waals surface area contributed by atoms with E-state index in [0.29, 0.717) is 17.8 Å². The van der Waals surface area contributed by atoms with Gasteiger partial charge in [-0.05, 0) is 118 Å². The Hall–Kier alpha value is -7.42. The maximum atomic E-state index is 2.63. The number of rotatable bonds is 8. The van der Waals surface area contributed by atoms with Gasteiger partial charge in [-0.2, -0.15) is 0 Å². The quantitative estimate of drug-likeness (QED) is 0.147. The van der Waals surface area contributed by atoms with E-state index in [1.165, 1.54) is 132 Å². The van der Waals surface area contributed by atoms with Gasteiger partial charge in [0.15, 0.2) is 0 Å². The van der Waals surface area contributed by atoms with Crippen LogP contribution in [0.4, 0.5) is 17.1 Å². The molecular weight excluding hydrogens is 845 g/mol. The number of allylic oxidation sites excluding steroid dienone is 2. The number of hydrogen-bond acceptors (Lipinski definition) is 1. The lowest BCUT2D eigenvalue weighted by atomic mass is 9.70. The van der Waals surface area contributed by atoms with Crippen molar-refractivity contribution in [3.8, 4) is 50.2 Å². The first-order valence-electron chi connectivity index (χ1n) is 26.0. The van der Waals surface area contributed by atoms with Crippen molar-refractivity contribution < 1.29 is 0 Å². The van der Waals surface area contributed by atoms with Crippen molar-refractivity contribution in [1.29, 1.82) is 0 Å². The number of nitrogens with zero attached hydrogens (tertiary/aromatic N) is 2. The highest BCUT2D eigenvalue weighted by molar-refractivity contribution is 6.07. The summed E-state index contributed by atoms with van der Waals surface area (Å²) in [4.78, 5) is 2.63. The van der Waals surface area contributed by atoms with Gasteiger partial charge in [-0.15, -0.1) is 0 Å². The summed E-state index contributed by atoms with van der Waals surface area (Å²) >= 11 is 0. The van der Waals surface area contributed by atoms with Crippen molar-refractivity contribution in [3.05, 3.63) is 228 Å². The summed E-state index contributed by atoms with van der Waals surface area (Å²) in [5.74, 6) is 1.65. The van der Waals surface area contributed by atoms with Gasteiger partial charge in [0.1, 0.15) is 0 Å². The van der Waals surface area contributed by atoms with Gasteiger partial charge in [0.05, 0.1) is 22.6 Å². The van der Waals surface area contributed by atoms with Crippen LogP contribution in [0, 0.1) is 11.8 Å². The van der Waals surface area contributed by atoms with Gasteiger partial charge in [-0.3, -0.25) is 0 Å². The van der Waals surface area contributed by atoms with E-state index in [2.05, 4.69) is 237 Å². The molecule has 0 bridgehead atoms. The fraction of sp³-hybridized carbons (Fsp3) is 0.206. The maximum absolute atomic E-state index is 2.63. The van der Waals surface area contributed by atoms with Gasteiger partial charge in [0.2, 0.25) is 0 Å². The van der Waals surface area contributed by atoms with Crippen LogP contribution in [0.1, 0.15) is 98.7 Å². The molecule has 0 radical (unpaired) electrons. The second kappa shape index (κ2) is 17.2. The van der Waals surface area contributed by atoms with Gasteiger partial charge < -0.3 is 9.47 Å².